The molecular weight excluding hydrogens is 292 g/mol. The van der Waals surface area contributed by atoms with Gasteiger partial charge in [-0.15, -0.1) is 0 Å². The molecule has 1 aliphatic carbocycles. The summed E-state index contributed by atoms with van der Waals surface area (Å²) in [6.07, 6.45) is 7.56. The molecule has 0 bridgehead atoms. The van der Waals surface area contributed by atoms with Gasteiger partial charge in [0.15, 0.2) is 0 Å². The molecule has 0 atom stereocenters. The van der Waals surface area contributed by atoms with Gasteiger partial charge in [0.2, 0.25) is 0 Å². The lowest BCUT2D eigenvalue weighted by Crippen LogP contribution is -2.05. The van der Waals surface area contributed by atoms with Crippen molar-refractivity contribution in [2.24, 2.45) is 10.5 Å². The van der Waals surface area contributed by atoms with Crippen molar-refractivity contribution >= 4 is 17.5 Å². The summed E-state index contributed by atoms with van der Waals surface area (Å²) in [5.41, 5.74) is 9.43. The Hall–Kier alpha value is -2.61. The Morgan fingerprint density at radius 2 is 1.67 bits per heavy atom. The molecule has 0 amide bonds. The van der Waals surface area contributed by atoms with E-state index in [-0.39, 0.29) is 5.41 Å². The summed E-state index contributed by atoms with van der Waals surface area (Å²) in [6.45, 7) is 6.78. The molecule has 0 spiro atoms. The lowest BCUT2D eigenvalue weighted by atomic mass is 9.87. The van der Waals surface area contributed by atoms with E-state index in [0.29, 0.717) is 0 Å². The van der Waals surface area contributed by atoms with E-state index in [9.17, 15) is 0 Å². The van der Waals surface area contributed by atoms with E-state index in [2.05, 4.69) is 67.7 Å². The third kappa shape index (κ3) is 3.83. The molecule has 0 heterocycles. The summed E-state index contributed by atoms with van der Waals surface area (Å²) in [6, 6.07) is 18.4. The Balaban J connectivity index is 1.80. The van der Waals surface area contributed by atoms with E-state index in [1.807, 2.05) is 36.5 Å². The molecule has 0 aromatic heterocycles. The molecule has 122 valence electrons. The zero-order valence-electron chi connectivity index (χ0n) is 14.6. The van der Waals surface area contributed by atoms with Crippen molar-refractivity contribution in [1.29, 1.82) is 0 Å². The molecule has 24 heavy (non-hydrogen) atoms. The van der Waals surface area contributed by atoms with Gasteiger partial charge in [0.1, 0.15) is 0 Å². The van der Waals surface area contributed by atoms with Crippen LogP contribution in [0, 0.1) is 5.41 Å². The molecule has 0 unspecified atom stereocenters. The fourth-order valence-electron chi connectivity index (χ4n) is 2.83. The third-order valence-electron chi connectivity index (χ3n) is 4.22. The zero-order chi connectivity index (χ0) is 17.0. The van der Waals surface area contributed by atoms with Crippen LogP contribution in [-0.2, 0) is 0 Å². The monoisotopic (exact) mass is 316 g/mol. The maximum Gasteiger partial charge on any atom is 0.0561 e. The van der Waals surface area contributed by atoms with E-state index in [4.69, 9.17) is 0 Å². The average molecular weight is 316 g/mol. The molecule has 0 fully saturated rings. The third-order valence-corrected chi connectivity index (χ3v) is 4.22. The summed E-state index contributed by atoms with van der Waals surface area (Å²) in [5, 5.41) is 4.39. The number of rotatable bonds is 4. The van der Waals surface area contributed by atoms with Crippen molar-refractivity contribution in [1.82, 2.24) is 0 Å². The Kier molecular flexibility index (Phi) is 4.66. The minimum absolute atomic E-state index is 0.194. The van der Waals surface area contributed by atoms with Crippen molar-refractivity contribution in [3.63, 3.8) is 0 Å². The quantitative estimate of drug-likeness (QED) is 0.552. The second kappa shape index (κ2) is 6.88. The van der Waals surface area contributed by atoms with Crippen molar-refractivity contribution < 1.29 is 0 Å². The molecule has 0 saturated carbocycles. The average Bonchev–Trinajstić information content (AvgIpc) is 3.06. The summed E-state index contributed by atoms with van der Waals surface area (Å²) >= 11 is 0. The Morgan fingerprint density at radius 1 is 0.958 bits per heavy atom. The largest absolute Gasteiger partial charge is 0.279 e. The van der Waals surface area contributed by atoms with Gasteiger partial charge in [-0.05, 0) is 40.7 Å². The normalized spacial score (nSPS) is 14.6. The molecule has 1 N–H and O–H groups in total. The van der Waals surface area contributed by atoms with Crippen LogP contribution in [-0.4, -0.2) is 6.21 Å². The lowest BCUT2D eigenvalue weighted by Gasteiger charge is -2.18. The van der Waals surface area contributed by atoms with E-state index in [0.717, 1.165) is 17.7 Å². The molecule has 0 aliphatic heterocycles. The number of hydrazone groups is 1. The summed E-state index contributed by atoms with van der Waals surface area (Å²) in [5.74, 6) is 0. The van der Waals surface area contributed by atoms with Crippen molar-refractivity contribution in [3.8, 4) is 0 Å². The number of hydrogen-bond donors (Lipinski definition) is 1. The summed E-state index contributed by atoms with van der Waals surface area (Å²) < 4.78 is 0. The fraction of sp³-hybridized carbons (Fsp3) is 0.227. The van der Waals surface area contributed by atoms with E-state index < -0.39 is 0 Å². The van der Waals surface area contributed by atoms with Crippen LogP contribution in [0.4, 0.5) is 5.69 Å². The van der Waals surface area contributed by atoms with Crippen LogP contribution in [0.3, 0.4) is 0 Å². The van der Waals surface area contributed by atoms with Gasteiger partial charge in [0, 0.05) is 5.56 Å². The highest BCUT2D eigenvalue weighted by Gasteiger charge is 2.20. The fourth-order valence-corrected chi connectivity index (χ4v) is 2.83. The Labute approximate surface area is 144 Å². The standard InChI is InChI=1S/C22H24N2/c1-22(2,3)19-14-13-17(15-19)21-12-8-7-9-18(21)16-23-24-20-10-5-4-6-11-20/h4-12,14-16,24H,13H2,1-3H3. The highest BCUT2D eigenvalue weighted by molar-refractivity contribution is 5.90. The molecule has 2 aromatic rings. The first-order valence-corrected chi connectivity index (χ1v) is 8.39. The van der Waals surface area contributed by atoms with Gasteiger partial charge in [-0.2, -0.15) is 5.10 Å². The van der Waals surface area contributed by atoms with Gasteiger partial charge in [0.05, 0.1) is 11.9 Å². The summed E-state index contributed by atoms with van der Waals surface area (Å²) in [4.78, 5) is 0. The van der Waals surface area contributed by atoms with Crippen molar-refractivity contribution in [2.45, 2.75) is 27.2 Å². The first-order valence-electron chi connectivity index (χ1n) is 8.39. The smallest absolute Gasteiger partial charge is 0.0561 e. The molecule has 2 heteroatoms. The first-order chi connectivity index (χ1) is 11.5. The molecule has 0 radical (unpaired) electrons. The number of hydrogen-bond acceptors (Lipinski definition) is 2. The maximum atomic E-state index is 4.39. The predicted molar refractivity (Wildman–Crippen MR) is 104 cm³/mol. The molecule has 2 aromatic carbocycles. The number of nitrogens with one attached hydrogen (secondary N) is 1. The van der Waals surface area contributed by atoms with Crippen LogP contribution in [0.2, 0.25) is 0 Å². The van der Waals surface area contributed by atoms with Gasteiger partial charge in [-0.3, -0.25) is 5.43 Å². The van der Waals surface area contributed by atoms with Crippen LogP contribution in [0.15, 0.2) is 77.4 Å². The number of benzene rings is 2. The Bertz CT molecular complexity index is 790. The number of para-hydroxylation sites is 1. The van der Waals surface area contributed by atoms with Crippen LogP contribution < -0.4 is 5.43 Å². The Morgan fingerprint density at radius 3 is 2.38 bits per heavy atom. The summed E-state index contributed by atoms with van der Waals surface area (Å²) in [7, 11) is 0. The van der Waals surface area contributed by atoms with Crippen LogP contribution in [0.5, 0.6) is 0 Å². The molecule has 3 rings (SSSR count). The van der Waals surface area contributed by atoms with Gasteiger partial charge in [-0.25, -0.2) is 0 Å². The minimum atomic E-state index is 0.194. The van der Waals surface area contributed by atoms with Crippen LogP contribution in [0.25, 0.3) is 5.57 Å². The minimum Gasteiger partial charge on any atom is -0.279 e. The highest BCUT2D eigenvalue weighted by Crippen LogP contribution is 2.36. The zero-order valence-corrected chi connectivity index (χ0v) is 14.6. The maximum absolute atomic E-state index is 4.39. The highest BCUT2D eigenvalue weighted by atomic mass is 15.3. The predicted octanol–water partition coefficient (Wildman–Crippen LogP) is 5.89. The van der Waals surface area contributed by atoms with Gasteiger partial charge in [-0.1, -0.05) is 75.4 Å². The second-order valence-electron chi connectivity index (χ2n) is 7.11. The van der Waals surface area contributed by atoms with Crippen LogP contribution >= 0.6 is 0 Å². The van der Waals surface area contributed by atoms with E-state index in [1.54, 1.807) is 0 Å². The van der Waals surface area contributed by atoms with E-state index >= 15 is 0 Å². The number of anilines is 1. The van der Waals surface area contributed by atoms with Crippen LogP contribution in [0.1, 0.15) is 38.3 Å². The molecule has 0 saturated heterocycles. The number of allylic oxidation sites excluding steroid dienone is 4. The molecule has 2 nitrogen and oxygen atoms in total. The topological polar surface area (TPSA) is 24.4 Å². The van der Waals surface area contributed by atoms with E-state index in [1.165, 1.54) is 16.7 Å². The molecular formula is C22H24N2. The molecule has 1 aliphatic rings. The van der Waals surface area contributed by atoms with Gasteiger partial charge >= 0.3 is 0 Å². The number of nitrogens with zero attached hydrogens (tertiary/aromatic N) is 1. The SMILES string of the molecule is CC(C)(C)C1=CCC(c2ccccc2C=NNc2ccccc2)=C1. The second-order valence-corrected chi connectivity index (χ2v) is 7.11. The van der Waals surface area contributed by atoms with Crippen molar-refractivity contribution in [2.75, 3.05) is 5.43 Å². The first kappa shape index (κ1) is 16.3. The lowest BCUT2D eigenvalue weighted by molar-refractivity contribution is 0.518. The van der Waals surface area contributed by atoms with Crippen molar-refractivity contribution in [3.05, 3.63) is 83.4 Å². The van der Waals surface area contributed by atoms with Gasteiger partial charge in [0.25, 0.3) is 0 Å². The van der Waals surface area contributed by atoms with Gasteiger partial charge < -0.3 is 0 Å².